The Labute approximate surface area is 113 Å². The van der Waals surface area contributed by atoms with E-state index in [-0.39, 0.29) is 20.7 Å². The summed E-state index contributed by atoms with van der Waals surface area (Å²) in [7, 11) is -1.50. The summed E-state index contributed by atoms with van der Waals surface area (Å²) in [5.41, 5.74) is 0.149. The van der Waals surface area contributed by atoms with Gasteiger partial charge in [0.15, 0.2) is 0 Å². The Hall–Kier alpha value is -0.175. The molecule has 0 spiro atoms. The molecule has 17 heavy (non-hydrogen) atoms. The second-order valence-corrected chi connectivity index (χ2v) is 13.1. The Balaban J connectivity index is 3.04. The first-order valence-electron chi connectivity index (χ1n) is 6.02. The van der Waals surface area contributed by atoms with E-state index >= 15 is 0 Å². The van der Waals surface area contributed by atoms with Crippen LogP contribution in [0.5, 0.6) is 0 Å². The van der Waals surface area contributed by atoms with Crippen molar-refractivity contribution < 1.29 is 4.43 Å². The minimum absolute atomic E-state index is 0.00458. The molecule has 0 atom stereocenters. The molecule has 0 fully saturated rings. The van der Waals surface area contributed by atoms with Gasteiger partial charge in [0, 0.05) is 0 Å². The molecule has 0 aliphatic rings. The van der Waals surface area contributed by atoms with Crippen LogP contribution in [-0.2, 0) is 4.43 Å². The van der Waals surface area contributed by atoms with Crippen molar-refractivity contribution in [1.82, 2.24) is 0 Å². The van der Waals surface area contributed by atoms with Gasteiger partial charge in [-0.2, -0.15) is 0 Å². The third kappa shape index (κ3) is 5.81. The Bertz CT molecular complexity index is 385. The van der Waals surface area contributed by atoms with Crippen LogP contribution in [0.1, 0.15) is 20.8 Å². The monoisotopic (exact) mass is 310 g/mol. The Morgan fingerprint density at radius 3 is 2.00 bits per heavy atom. The third-order valence-electron chi connectivity index (χ3n) is 2.03. The van der Waals surface area contributed by atoms with E-state index in [0.717, 1.165) is 0 Å². The number of hydrogen-bond donors (Lipinski definition) is 0. The van der Waals surface area contributed by atoms with Gasteiger partial charge in [0.1, 0.15) is 0 Å². The summed E-state index contributed by atoms with van der Waals surface area (Å²) < 4.78 is 9.03. The number of rotatable bonds is 3. The summed E-state index contributed by atoms with van der Waals surface area (Å²) in [6.07, 6.45) is 0. The van der Waals surface area contributed by atoms with E-state index in [1.807, 2.05) is 0 Å². The molecule has 1 aromatic rings. The molecule has 0 saturated heterocycles. The van der Waals surface area contributed by atoms with Crippen LogP contribution in [0.3, 0.4) is 0 Å². The average molecular weight is 310 g/mol. The van der Waals surface area contributed by atoms with E-state index in [9.17, 15) is 0 Å². The van der Waals surface area contributed by atoms with E-state index in [1.165, 1.54) is 8.84 Å². The summed E-state index contributed by atoms with van der Waals surface area (Å²) >= 11 is -0.00458. The number of hydrogen-bond acceptors (Lipinski definition) is 1. The zero-order chi connectivity index (χ0) is 13.1. The Morgan fingerprint density at radius 1 is 1.06 bits per heavy atom. The standard InChI is InChI=1S/C14H23AsOSi/c1-14(2,3)13(16-17(4,5)6)15-12-10-8-7-9-11-12/h7-11H,1-6H3. The van der Waals surface area contributed by atoms with E-state index in [4.69, 9.17) is 4.43 Å². The van der Waals surface area contributed by atoms with Crippen molar-refractivity contribution in [1.29, 1.82) is 0 Å². The molecule has 3 heteroatoms. The first-order chi connectivity index (χ1) is 7.68. The first-order valence-corrected chi connectivity index (χ1v) is 11.3. The molecule has 0 amide bonds. The predicted octanol–water partition coefficient (Wildman–Crippen LogP) is 3.04. The van der Waals surface area contributed by atoms with Gasteiger partial charge in [-0.1, -0.05) is 0 Å². The fraction of sp³-hybridized carbons (Fsp3) is 0.500. The fourth-order valence-corrected chi connectivity index (χ4v) is 6.07. The van der Waals surface area contributed by atoms with Crippen molar-refractivity contribution in [2.45, 2.75) is 40.4 Å². The molecule has 0 aliphatic heterocycles. The topological polar surface area (TPSA) is 9.23 Å². The van der Waals surface area contributed by atoms with Gasteiger partial charge in [0.05, 0.1) is 0 Å². The first kappa shape index (κ1) is 14.9. The molecule has 0 radical (unpaired) electrons. The maximum atomic E-state index is 6.30. The molecular weight excluding hydrogens is 287 g/mol. The van der Waals surface area contributed by atoms with Crippen LogP contribution in [0.15, 0.2) is 30.3 Å². The van der Waals surface area contributed by atoms with Crippen LogP contribution < -0.4 is 4.35 Å². The van der Waals surface area contributed by atoms with Gasteiger partial charge in [-0.3, -0.25) is 0 Å². The molecule has 0 aliphatic carbocycles. The van der Waals surface area contributed by atoms with Crippen molar-refractivity contribution in [3.63, 3.8) is 0 Å². The van der Waals surface area contributed by atoms with Crippen LogP contribution >= 0.6 is 0 Å². The summed E-state index contributed by atoms with van der Waals surface area (Å²) in [6.45, 7) is 13.5. The van der Waals surface area contributed by atoms with Gasteiger partial charge >= 0.3 is 113 Å². The van der Waals surface area contributed by atoms with Gasteiger partial charge < -0.3 is 0 Å². The minimum atomic E-state index is -1.50. The van der Waals surface area contributed by atoms with Gasteiger partial charge in [0.2, 0.25) is 0 Å². The second-order valence-electron chi connectivity index (χ2n) is 6.22. The number of benzene rings is 1. The van der Waals surface area contributed by atoms with Crippen LogP contribution in [0.2, 0.25) is 19.6 Å². The molecule has 0 heterocycles. The molecule has 0 unspecified atom stereocenters. The van der Waals surface area contributed by atoms with E-state index in [2.05, 4.69) is 70.7 Å². The van der Waals surface area contributed by atoms with E-state index in [0.29, 0.717) is 0 Å². The van der Waals surface area contributed by atoms with Crippen molar-refractivity contribution in [3.05, 3.63) is 30.3 Å². The molecule has 1 nitrogen and oxygen atoms in total. The average Bonchev–Trinajstić information content (AvgIpc) is 2.15. The summed E-state index contributed by atoms with van der Waals surface area (Å²) in [5.74, 6) is 0. The van der Waals surface area contributed by atoms with Crippen molar-refractivity contribution in [3.8, 4) is 0 Å². The van der Waals surface area contributed by atoms with Crippen molar-refractivity contribution in [2.75, 3.05) is 0 Å². The van der Waals surface area contributed by atoms with Crippen molar-refractivity contribution >= 4 is 32.5 Å². The summed E-state index contributed by atoms with van der Waals surface area (Å²) in [5, 5.41) is 0. The molecule has 0 bridgehead atoms. The molecular formula is C14H23AsOSi. The normalized spacial score (nSPS) is 13.9. The van der Waals surface area contributed by atoms with Gasteiger partial charge in [-0.25, -0.2) is 0 Å². The molecule has 94 valence electrons. The molecule has 0 saturated carbocycles. The summed E-state index contributed by atoms with van der Waals surface area (Å²) in [6, 6.07) is 10.7. The second kappa shape index (κ2) is 5.64. The molecule has 1 rings (SSSR count). The zero-order valence-corrected chi connectivity index (χ0v) is 14.6. The van der Waals surface area contributed by atoms with Crippen LogP contribution in [-0.4, -0.2) is 28.1 Å². The predicted molar refractivity (Wildman–Crippen MR) is 80.7 cm³/mol. The molecule has 0 N–H and O–H groups in total. The van der Waals surface area contributed by atoms with Crippen LogP contribution in [0, 0.1) is 5.41 Å². The molecule has 1 aromatic carbocycles. The zero-order valence-electron chi connectivity index (χ0n) is 11.7. The summed E-state index contributed by atoms with van der Waals surface area (Å²) in [4.78, 5) is 0. The Kier molecular flexibility index (Phi) is 4.94. The van der Waals surface area contributed by atoms with E-state index in [1.54, 1.807) is 0 Å². The van der Waals surface area contributed by atoms with Gasteiger partial charge in [-0.05, 0) is 0 Å². The van der Waals surface area contributed by atoms with Crippen LogP contribution in [0.4, 0.5) is 0 Å². The third-order valence-corrected chi connectivity index (χ3v) is 6.41. The van der Waals surface area contributed by atoms with Crippen LogP contribution in [0.25, 0.3) is 0 Å². The van der Waals surface area contributed by atoms with Gasteiger partial charge in [0.25, 0.3) is 0 Å². The Morgan fingerprint density at radius 2 is 1.59 bits per heavy atom. The van der Waals surface area contributed by atoms with E-state index < -0.39 is 8.32 Å². The quantitative estimate of drug-likeness (QED) is 0.780. The molecule has 0 aromatic heterocycles. The fourth-order valence-electron chi connectivity index (χ4n) is 1.25. The van der Waals surface area contributed by atoms with Crippen molar-refractivity contribution in [2.24, 2.45) is 5.41 Å². The van der Waals surface area contributed by atoms with Gasteiger partial charge in [-0.15, -0.1) is 0 Å². The maximum absolute atomic E-state index is 6.30. The SMILES string of the molecule is CC(C)(C)C(O[Si](C)(C)C)=[As]c1ccccc1.